The van der Waals surface area contributed by atoms with Crippen LogP contribution in [0.3, 0.4) is 0 Å². The van der Waals surface area contributed by atoms with E-state index < -0.39 is 0 Å². The Labute approximate surface area is 361 Å². The molecule has 0 atom stereocenters. The van der Waals surface area contributed by atoms with Gasteiger partial charge in [0.15, 0.2) is 11.6 Å². The average Bonchev–Trinajstić information content (AvgIpc) is 4.02. The van der Waals surface area contributed by atoms with Gasteiger partial charge in [-0.1, -0.05) is 164 Å². The highest BCUT2D eigenvalue weighted by Crippen LogP contribution is 2.42. The minimum Gasteiger partial charge on any atom is -0.455 e. The van der Waals surface area contributed by atoms with Crippen molar-refractivity contribution in [1.29, 1.82) is 0 Å². The lowest BCUT2D eigenvalue weighted by Gasteiger charge is -2.13. The summed E-state index contributed by atoms with van der Waals surface area (Å²) in [5, 5.41) is 6.64. The van der Waals surface area contributed by atoms with Crippen LogP contribution in [-0.2, 0) is 0 Å². The molecule has 0 unspecified atom stereocenters. The maximum absolute atomic E-state index is 7.01. The topological polar surface area (TPSA) is 61.7 Å². The second-order valence-electron chi connectivity index (χ2n) is 16.0. The van der Waals surface area contributed by atoms with Gasteiger partial charge in [-0.05, 0) is 70.8 Å². The molecule has 6 heteroatoms. The van der Waals surface area contributed by atoms with E-state index in [1.54, 1.807) is 0 Å². The zero-order chi connectivity index (χ0) is 41.4. The molecule has 0 saturated carbocycles. The predicted octanol–water partition coefficient (Wildman–Crippen LogP) is 14.6. The second kappa shape index (κ2) is 14.0. The van der Waals surface area contributed by atoms with E-state index in [2.05, 4.69) is 197 Å². The fourth-order valence-corrected chi connectivity index (χ4v) is 9.56. The standard InChI is InChI=1S/C57H35N5O/c1-4-17-36(18-5-1)39-31-32-44-46-34-40(61-48-27-13-10-23-42(48)43-24-11-14-28-49(43)61)35-47(54(46)63-52(44)33-39)56-58-55(38-21-8-3-9-22-38)59-57(60-56)62-50-29-15-12-25-45(50)53-41(26-16-30-51(53)62)37-19-6-2-7-20-37/h1-35H. The highest BCUT2D eigenvalue weighted by Gasteiger charge is 2.24. The Morgan fingerprint density at radius 1 is 0.333 bits per heavy atom. The lowest BCUT2D eigenvalue weighted by Crippen LogP contribution is -2.07. The van der Waals surface area contributed by atoms with Crippen LogP contribution in [-0.4, -0.2) is 24.1 Å². The van der Waals surface area contributed by atoms with E-state index >= 15 is 0 Å². The maximum Gasteiger partial charge on any atom is 0.238 e. The van der Waals surface area contributed by atoms with Crippen molar-refractivity contribution < 1.29 is 4.42 Å². The Balaban J connectivity index is 1.13. The fourth-order valence-electron chi connectivity index (χ4n) is 9.56. The molecule has 0 aliphatic heterocycles. The van der Waals surface area contributed by atoms with Crippen molar-refractivity contribution in [3.05, 3.63) is 212 Å². The highest BCUT2D eigenvalue weighted by atomic mass is 16.3. The number of furan rings is 1. The Morgan fingerprint density at radius 2 is 0.905 bits per heavy atom. The summed E-state index contributed by atoms with van der Waals surface area (Å²) in [6.45, 7) is 0. The van der Waals surface area contributed by atoms with E-state index in [0.29, 0.717) is 23.2 Å². The highest BCUT2D eigenvalue weighted by molar-refractivity contribution is 6.16. The van der Waals surface area contributed by atoms with E-state index in [0.717, 1.165) is 88.3 Å². The van der Waals surface area contributed by atoms with Crippen molar-refractivity contribution in [1.82, 2.24) is 24.1 Å². The molecule has 63 heavy (non-hydrogen) atoms. The van der Waals surface area contributed by atoms with Crippen molar-refractivity contribution >= 4 is 65.6 Å². The molecule has 0 bridgehead atoms. The van der Waals surface area contributed by atoms with Crippen LogP contribution >= 0.6 is 0 Å². The molecule has 4 aromatic heterocycles. The Bertz CT molecular complexity index is 3850. The summed E-state index contributed by atoms with van der Waals surface area (Å²) < 4.78 is 11.6. The minimum atomic E-state index is 0.513. The number of rotatable bonds is 6. The molecular formula is C57H35N5O. The summed E-state index contributed by atoms with van der Waals surface area (Å²) in [5.41, 5.74) is 12.9. The van der Waals surface area contributed by atoms with Crippen LogP contribution in [0.1, 0.15) is 0 Å². The molecule has 0 N–H and O–H groups in total. The number of hydrogen-bond donors (Lipinski definition) is 0. The van der Waals surface area contributed by atoms with Crippen LogP contribution in [0.25, 0.3) is 122 Å². The van der Waals surface area contributed by atoms with Crippen molar-refractivity contribution in [3.63, 3.8) is 0 Å². The monoisotopic (exact) mass is 805 g/mol. The summed E-state index contributed by atoms with van der Waals surface area (Å²) in [4.78, 5) is 16.1. The predicted molar refractivity (Wildman–Crippen MR) is 258 cm³/mol. The molecule has 294 valence electrons. The molecule has 0 radical (unpaired) electrons. The number of aromatic nitrogens is 5. The van der Waals surface area contributed by atoms with Gasteiger partial charge in [0.05, 0.1) is 27.6 Å². The minimum absolute atomic E-state index is 0.513. The van der Waals surface area contributed by atoms with Gasteiger partial charge in [-0.25, -0.2) is 4.98 Å². The second-order valence-corrected chi connectivity index (χ2v) is 16.0. The third kappa shape index (κ3) is 5.55. The van der Waals surface area contributed by atoms with Crippen molar-refractivity contribution in [3.8, 4) is 56.7 Å². The average molecular weight is 806 g/mol. The number of hydrogen-bond acceptors (Lipinski definition) is 4. The van der Waals surface area contributed by atoms with E-state index in [4.69, 9.17) is 19.4 Å². The van der Waals surface area contributed by atoms with Crippen LogP contribution in [0.5, 0.6) is 0 Å². The van der Waals surface area contributed by atoms with E-state index in [1.165, 1.54) is 10.8 Å². The fraction of sp³-hybridized carbons (Fsp3) is 0. The zero-order valence-corrected chi connectivity index (χ0v) is 33.9. The van der Waals surface area contributed by atoms with Gasteiger partial charge in [-0.3, -0.25) is 4.57 Å². The molecule has 13 rings (SSSR count). The Morgan fingerprint density at radius 3 is 1.60 bits per heavy atom. The molecule has 0 spiro atoms. The smallest absolute Gasteiger partial charge is 0.238 e. The van der Waals surface area contributed by atoms with Gasteiger partial charge in [0, 0.05) is 43.6 Å². The first-order valence-corrected chi connectivity index (χ1v) is 21.2. The Kier molecular flexibility index (Phi) is 7.80. The summed E-state index contributed by atoms with van der Waals surface area (Å²) in [6, 6.07) is 74.4. The van der Waals surface area contributed by atoms with Gasteiger partial charge in [-0.15, -0.1) is 0 Å². The van der Waals surface area contributed by atoms with Crippen LogP contribution in [0.4, 0.5) is 0 Å². The molecular weight excluding hydrogens is 771 g/mol. The third-order valence-corrected chi connectivity index (χ3v) is 12.4. The van der Waals surface area contributed by atoms with Crippen molar-refractivity contribution in [2.24, 2.45) is 0 Å². The number of fused-ring (bicyclic) bond motifs is 9. The zero-order valence-electron chi connectivity index (χ0n) is 33.9. The van der Waals surface area contributed by atoms with Gasteiger partial charge in [-0.2, -0.15) is 9.97 Å². The number of para-hydroxylation sites is 3. The first-order valence-electron chi connectivity index (χ1n) is 21.2. The maximum atomic E-state index is 7.01. The van der Waals surface area contributed by atoms with Crippen LogP contribution in [0.15, 0.2) is 217 Å². The molecule has 9 aromatic carbocycles. The first kappa shape index (κ1) is 35.2. The van der Waals surface area contributed by atoms with Crippen LogP contribution in [0, 0.1) is 0 Å². The lowest BCUT2D eigenvalue weighted by molar-refractivity contribution is 0.669. The molecule has 13 aromatic rings. The van der Waals surface area contributed by atoms with Crippen LogP contribution < -0.4 is 0 Å². The lowest BCUT2D eigenvalue weighted by atomic mass is 9.99. The first-order chi connectivity index (χ1) is 31.2. The third-order valence-electron chi connectivity index (χ3n) is 12.4. The largest absolute Gasteiger partial charge is 0.455 e. The quantitative estimate of drug-likeness (QED) is 0.168. The van der Waals surface area contributed by atoms with Gasteiger partial charge in [0.2, 0.25) is 5.95 Å². The molecule has 4 heterocycles. The molecule has 0 amide bonds. The van der Waals surface area contributed by atoms with E-state index in [9.17, 15) is 0 Å². The van der Waals surface area contributed by atoms with E-state index in [1.807, 2.05) is 24.3 Å². The molecule has 0 aliphatic carbocycles. The van der Waals surface area contributed by atoms with Gasteiger partial charge in [0.25, 0.3) is 0 Å². The molecule has 0 saturated heterocycles. The van der Waals surface area contributed by atoms with Gasteiger partial charge in [0.1, 0.15) is 11.2 Å². The number of benzene rings is 9. The summed E-state index contributed by atoms with van der Waals surface area (Å²) in [5.74, 6) is 1.60. The SMILES string of the molecule is c1ccc(-c2ccc3c(c2)oc2c(-c4nc(-c5ccccc5)nc(-n5c6ccccc6c6c(-c7ccccc7)cccc65)n4)cc(-n4c5ccccc5c5ccccc54)cc23)cc1. The molecule has 0 fully saturated rings. The summed E-state index contributed by atoms with van der Waals surface area (Å²) in [7, 11) is 0. The molecule has 0 aliphatic rings. The normalized spacial score (nSPS) is 11.8. The van der Waals surface area contributed by atoms with E-state index in [-0.39, 0.29) is 0 Å². The number of nitrogens with zero attached hydrogens (tertiary/aromatic N) is 5. The van der Waals surface area contributed by atoms with Gasteiger partial charge >= 0.3 is 0 Å². The summed E-state index contributed by atoms with van der Waals surface area (Å²) >= 11 is 0. The van der Waals surface area contributed by atoms with Crippen molar-refractivity contribution in [2.75, 3.05) is 0 Å². The van der Waals surface area contributed by atoms with Crippen LogP contribution in [0.2, 0.25) is 0 Å². The summed E-state index contributed by atoms with van der Waals surface area (Å²) in [6.07, 6.45) is 0. The van der Waals surface area contributed by atoms with Crippen molar-refractivity contribution in [2.45, 2.75) is 0 Å². The van der Waals surface area contributed by atoms with Gasteiger partial charge < -0.3 is 8.98 Å². The Hall–Kier alpha value is -8.61. The molecule has 6 nitrogen and oxygen atoms in total.